The Balaban J connectivity index is 1.84. The molecule has 0 saturated carbocycles. The fourth-order valence-corrected chi connectivity index (χ4v) is 3.10. The van der Waals surface area contributed by atoms with Crippen molar-refractivity contribution in [1.82, 2.24) is 5.06 Å². The molecule has 2 N–H and O–H groups in total. The van der Waals surface area contributed by atoms with Crippen LogP contribution in [0, 0.1) is 11.3 Å². The maximum atomic E-state index is 9.10. The molecule has 120 valence electrons. The minimum Gasteiger partial charge on any atom is -0.493 e. The van der Waals surface area contributed by atoms with Gasteiger partial charge in [0.15, 0.2) is 0 Å². The molecule has 0 unspecified atom stereocenters. The Morgan fingerprint density at radius 3 is 2.83 bits per heavy atom. The van der Waals surface area contributed by atoms with E-state index in [0.717, 1.165) is 22.4 Å². The Bertz CT molecular complexity index is 887. The Morgan fingerprint density at radius 1 is 1.25 bits per heavy atom. The van der Waals surface area contributed by atoms with Gasteiger partial charge in [-0.1, -0.05) is 18.2 Å². The molecule has 0 saturated heterocycles. The van der Waals surface area contributed by atoms with Crippen molar-refractivity contribution in [2.24, 2.45) is 10.7 Å². The number of hydrogen-bond acceptors (Lipinski definition) is 6. The highest BCUT2D eigenvalue weighted by atomic mass is 16.7. The van der Waals surface area contributed by atoms with Gasteiger partial charge in [0.25, 0.3) is 0 Å². The maximum Gasteiger partial charge on any atom is 0.221 e. The van der Waals surface area contributed by atoms with Crippen LogP contribution in [0.5, 0.6) is 5.75 Å². The lowest BCUT2D eigenvalue weighted by Crippen LogP contribution is -2.35. The summed E-state index contributed by atoms with van der Waals surface area (Å²) in [6, 6.07) is 15.5. The van der Waals surface area contributed by atoms with E-state index >= 15 is 0 Å². The predicted molar refractivity (Wildman–Crippen MR) is 88.9 cm³/mol. The number of benzene rings is 2. The van der Waals surface area contributed by atoms with Crippen molar-refractivity contribution >= 4 is 5.96 Å². The molecule has 2 aliphatic heterocycles. The highest BCUT2D eigenvalue weighted by Gasteiger charge is 2.45. The second kappa shape index (κ2) is 5.25. The van der Waals surface area contributed by atoms with Crippen molar-refractivity contribution in [1.29, 1.82) is 5.26 Å². The summed E-state index contributed by atoms with van der Waals surface area (Å²) in [7, 11) is 1.74. The molecule has 2 aromatic rings. The van der Waals surface area contributed by atoms with Crippen LogP contribution in [0.2, 0.25) is 0 Å². The standard InChI is InChI=1S/C18H16N4O2/c1-22-17(20)21-18(24-22)7-8-23-16-6-5-14(10-15(16)18)13-4-2-3-12(9-13)11-19/h2-6,9-10H,7-8H2,1H3,(H2,20,21)/t18-/m1/s1. The molecule has 2 aliphatic rings. The molecule has 0 amide bonds. The van der Waals surface area contributed by atoms with Crippen molar-refractivity contribution in [2.75, 3.05) is 13.7 Å². The first-order chi connectivity index (χ1) is 11.6. The van der Waals surface area contributed by atoms with Gasteiger partial charge in [0.05, 0.1) is 23.8 Å². The molecule has 0 aromatic heterocycles. The number of rotatable bonds is 1. The molecule has 4 rings (SSSR count). The van der Waals surface area contributed by atoms with Gasteiger partial charge in [-0.2, -0.15) is 5.26 Å². The second-order valence-electron chi connectivity index (χ2n) is 5.85. The van der Waals surface area contributed by atoms with E-state index in [4.69, 9.17) is 20.6 Å². The summed E-state index contributed by atoms with van der Waals surface area (Å²) in [5.74, 6) is 1.09. The van der Waals surface area contributed by atoms with Gasteiger partial charge < -0.3 is 10.5 Å². The Morgan fingerprint density at radius 2 is 2.08 bits per heavy atom. The van der Waals surface area contributed by atoms with Crippen LogP contribution in [0.3, 0.4) is 0 Å². The monoisotopic (exact) mass is 320 g/mol. The van der Waals surface area contributed by atoms with Gasteiger partial charge in [0.1, 0.15) is 5.75 Å². The summed E-state index contributed by atoms with van der Waals surface area (Å²) in [5, 5.41) is 10.6. The molecule has 0 fully saturated rings. The van der Waals surface area contributed by atoms with Crippen LogP contribution in [-0.4, -0.2) is 24.7 Å². The van der Waals surface area contributed by atoms with Crippen LogP contribution in [0.1, 0.15) is 17.5 Å². The average molecular weight is 320 g/mol. The molecular weight excluding hydrogens is 304 g/mol. The molecule has 24 heavy (non-hydrogen) atoms. The number of hydroxylamine groups is 2. The number of nitrogens with two attached hydrogens (primary N) is 1. The largest absolute Gasteiger partial charge is 0.493 e. The third kappa shape index (κ3) is 2.18. The minimum absolute atomic E-state index is 0.347. The van der Waals surface area contributed by atoms with Crippen LogP contribution in [0.25, 0.3) is 11.1 Å². The predicted octanol–water partition coefficient (Wildman–Crippen LogP) is 2.35. The molecule has 1 spiro atoms. The number of fused-ring (bicyclic) bond motifs is 2. The van der Waals surface area contributed by atoms with Crippen molar-refractivity contribution < 1.29 is 9.57 Å². The average Bonchev–Trinajstić information content (AvgIpc) is 2.89. The van der Waals surface area contributed by atoms with E-state index in [1.807, 2.05) is 36.4 Å². The van der Waals surface area contributed by atoms with Crippen LogP contribution < -0.4 is 10.5 Å². The number of aliphatic imine (C=N–C) groups is 1. The summed E-state index contributed by atoms with van der Waals surface area (Å²) in [4.78, 5) is 10.5. The van der Waals surface area contributed by atoms with Crippen molar-refractivity contribution in [3.8, 4) is 22.9 Å². The number of nitrogens with zero attached hydrogens (tertiary/aromatic N) is 3. The fraction of sp³-hybridized carbons (Fsp3) is 0.222. The molecule has 0 bridgehead atoms. The number of ether oxygens (including phenoxy) is 1. The first kappa shape index (κ1) is 14.5. The molecule has 6 nitrogen and oxygen atoms in total. The van der Waals surface area contributed by atoms with E-state index in [1.54, 1.807) is 13.1 Å². The van der Waals surface area contributed by atoms with Gasteiger partial charge in [-0.15, -0.1) is 0 Å². The quantitative estimate of drug-likeness (QED) is 0.872. The molecule has 0 aliphatic carbocycles. The maximum absolute atomic E-state index is 9.10. The zero-order valence-electron chi connectivity index (χ0n) is 13.2. The van der Waals surface area contributed by atoms with Crippen molar-refractivity contribution in [3.63, 3.8) is 0 Å². The summed E-state index contributed by atoms with van der Waals surface area (Å²) >= 11 is 0. The van der Waals surface area contributed by atoms with Gasteiger partial charge in [-0.25, -0.2) is 14.9 Å². The number of guanidine groups is 1. The zero-order chi connectivity index (χ0) is 16.7. The Kier molecular flexibility index (Phi) is 3.18. The fourth-order valence-electron chi connectivity index (χ4n) is 3.10. The van der Waals surface area contributed by atoms with Gasteiger partial charge >= 0.3 is 0 Å². The second-order valence-corrected chi connectivity index (χ2v) is 5.85. The van der Waals surface area contributed by atoms with Gasteiger partial charge in [-0.05, 0) is 35.4 Å². The van der Waals surface area contributed by atoms with E-state index in [9.17, 15) is 0 Å². The van der Waals surface area contributed by atoms with Crippen molar-refractivity contribution in [2.45, 2.75) is 12.1 Å². The van der Waals surface area contributed by atoms with Crippen LogP contribution in [0.15, 0.2) is 47.5 Å². The lowest BCUT2D eigenvalue weighted by molar-refractivity contribution is -0.183. The third-order valence-electron chi connectivity index (χ3n) is 4.33. The first-order valence-corrected chi connectivity index (χ1v) is 7.67. The van der Waals surface area contributed by atoms with Crippen LogP contribution in [0.4, 0.5) is 0 Å². The van der Waals surface area contributed by atoms with Crippen LogP contribution in [-0.2, 0) is 10.6 Å². The number of nitriles is 1. The molecule has 0 radical (unpaired) electrons. The molecule has 1 atom stereocenters. The van der Waals surface area contributed by atoms with E-state index < -0.39 is 5.72 Å². The molecule has 2 aromatic carbocycles. The van der Waals surface area contributed by atoms with Gasteiger partial charge in [0.2, 0.25) is 11.7 Å². The smallest absolute Gasteiger partial charge is 0.221 e. The summed E-state index contributed by atoms with van der Waals surface area (Å²) in [6.45, 7) is 0.515. The van der Waals surface area contributed by atoms with E-state index in [-0.39, 0.29) is 0 Å². The molecule has 6 heteroatoms. The SMILES string of the molecule is CN1O[C@@]2(CCOc3ccc(-c4cccc(C#N)c4)cc32)N=C1N. The highest BCUT2D eigenvalue weighted by molar-refractivity contribution is 5.79. The third-order valence-corrected chi connectivity index (χ3v) is 4.33. The first-order valence-electron chi connectivity index (χ1n) is 7.67. The van der Waals surface area contributed by atoms with E-state index in [1.165, 1.54) is 5.06 Å². The zero-order valence-corrected chi connectivity index (χ0v) is 13.2. The summed E-state index contributed by atoms with van der Waals surface area (Å²) in [6.07, 6.45) is 0.590. The minimum atomic E-state index is -0.838. The van der Waals surface area contributed by atoms with E-state index in [2.05, 4.69) is 11.1 Å². The Labute approximate surface area is 139 Å². The van der Waals surface area contributed by atoms with E-state index in [0.29, 0.717) is 24.6 Å². The lowest BCUT2D eigenvalue weighted by Gasteiger charge is -2.32. The Hall–Kier alpha value is -3.04. The van der Waals surface area contributed by atoms with Crippen molar-refractivity contribution in [3.05, 3.63) is 53.6 Å². The normalized spacial score (nSPS) is 21.8. The molecule has 2 heterocycles. The number of hydrogen-bond donors (Lipinski definition) is 1. The summed E-state index contributed by atoms with van der Waals surface area (Å²) in [5.41, 5.74) is 8.47. The highest BCUT2D eigenvalue weighted by Crippen LogP contribution is 2.45. The summed E-state index contributed by atoms with van der Waals surface area (Å²) < 4.78 is 5.76. The lowest BCUT2D eigenvalue weighted by atomic mass is 9.92. The van der Waals surface area contributed by atoms with Gasteiger partial charge in [0, 0.05) is 13.5 Å². The van der Waals surface area contributed by atoms with Crippen LogP contribution >= 0.6 is 0 Å². The molecular formula is C18H16N4O2. The topological polar surface area (TPSA) is 83.9 Å². The van der Waals surface area contributed by atoms with Gasteiger partial charge in [-0.3, -0.25) is 0 Å².